The molecule has 1 N–H and O–H groups in total. The number of pyridine rings is 1. The van der Waals surface area contributed by atoms with Gasteiger partial charge in [0.25, 0.3) is 5.91 Å². The van der Waals surface area contributed by atoms with Crippen LogP contribution < -0.4 is 10.2 Å². The first-order valence-electron chi connectivity index (χ1n) is 10.8. The van der Waals surface area contributed by atoms with Crippen molar-refractivity contribution in [1.29, 1.82) is 5.26 Å². The second-order valence-electron chi connectivity index (χ2n) is 8.61. The number of nitriles is 1. The third kappa shape index (κ3) is 3.83. The van der Waals surface area contributed by atoms with Gasteiger partial charge in [-0.1, -0.05) is 6.42 Å². The molecule has 3 aliphatic rings. The molecule has 1 aromatic carbocycles. The maximum atomic E-state index is 12.9. The van der Waals surface area contributed by atoms with Crippen LogP contribution in [0.4, 0.5) is 5.69 Å². The molecule has 1 aliphatic carbocycles. The third-order valence-corrected chi connectivity index (χ3v) is 7.83. The van der Waals surface area contributed by atoms with E-state index in [2.05, 4.69) is 33.4 Å². The quantitative estimate of drug-likeness (QED) is 0.794. The number of amides is 2. The number of rotatable bonds is 4. The summed E-state index contributed by atoms with van der Waals surface area (Å²) < 4.78 is 0. The number of carbonyl (C=O) groups excluding carboxylic acids is 2. The average molecular weight is 436 g/mol. The van der Waals surface area contributed by atoms with Crippen molar-refractivity contribution in [1.82, 2.24) is 15.2 Å². The Morgan fingerprint density at radius 2 is 2.03 bits per heavy atom. The van der Waals surface area contributed by atoms with Crippen molar-refractivity contribution in [3.63, 3.8) is 0 Å². The fraction of sp³-hybridized carbons (Fsp3) is 0.478. The summed E-state index contributed by atoms with van der Waals surface area (Å²) in [7, 11) is 0. The zero-order valence-electron chi connectivity index (χ0n) is 17.3. The van der Waals surface area contributed by atoms with Crippen molar-refractivity contribution in [3.8, 4) is 6.07 Å². The van der Waals surface area contributed by atoms with Crippen LogP contribution in [-0.2, 0) is 4.79 Å². The molecular weight excluding hydrogens is 410 g/mol. The molecule has 2 saturated heterocycles. The number of hydrogen-bond acceptors (Lipinski definition) is 6. The normalized spacial score (nSPS) is 24.9. The third-order valence-electron chi connectivity index (χ3n) is 6.81. The van der Waals surface area contributed by atoms with Crippen LogP contribution in [0.3, 0.4) is 0 Å². The average Bonchev–Trinajstić information content (AvgIpc) is 3.52. The van der Waals surface area contributed by atoms with Crippen LogP contribution in [0.25, 0.3) is 10.9 Å². The summed E-state index contributed by atoms with van der Waals surface area (Å²) in [4.78, 5) is 33.8. The fourth-order valence-corrected chi connectivity index (χ4v) is 6.23. The van der Waals surface area contributed by atoms with Gasteiger partial charge in [-0.3, -0.25) is 14.6 Å². The highest BCUT2D eigenvalue weighted by atomic mass is 32.2. The first kappa shape index (κ1) is 20.1. The van der Waals surface area contributed by atoms with E-state index in [1.807, 2.05) is 6.07 Å². The zero-order valence-corrected chi connectivity index (χ0v) is 18.1. The number of thioether (sulfide) groups is 1. The molecule has 5 rings (SSSR count). The molecule has 3 unspecified atom stereocenters. The highest BCUT2D eigenvalue weighted by molar-refractivity contribution is 7.99. The van der Waals surface area contributed by atoms with Crippen LogP contribution in [0.5, 0.6) is 0 Å². The molecule has 3 atom stereocenters. The molecule has 1 saturated carbocycles. The summed E-state index contributed by atoms with van der Waals surface area (Å²) in [6.45, 7) is 2.05. The zero-order chi connectivity index (χ0) is 21.4. The molecular formula is C23H25N5O2S. The van der Waals surface area contributed by atoms with Gasteiger partial charge in [-0.25, -0.2) is 0 Å². The van der Waals surface area contributed by atoms with Gasteiger partial charge in [-0.15, -0.1) is 11.8 Å². The van der Waals surface area contributed by atoms with Gasteiger partial charge in [0.2, 0.25) is 5.91 Å². The van der Waals surface area contributed by atoms with E-state index in [1.165, 1.54) is 24.2 Å². The molecule has 2 amide bonds. The number of benzene rings is 1. The summed E-state index contributed by atoms with van der Waals surface area (Å²) >= 11 is 1.55. The van der Waals surface area contributed by atoms with Crippen molar-refractivity contribution >= 4 is 40.2 Å². The Labute approximate surface area is 185 Å². The Bertz CT molecular complexity index is 1060. The lowest BCUT2D eigenvalue weighted by Crippen LogP contribution is -2.42. The van der Waals surface area contributed by atoms with Crippen molar-refractivity contribution in [2.75, 3.05) is 36.2 Å². The van der Waals surface area contributed by atoms with Crippen LogP contribution in [0.1, 0.15) is 29.6 Å². The Hall–Kier alpha value is -2.79. The van der Waals surface area contributed by atoms with Crippen molar-refractivity contribution in [2.24, 2.45) is 11.8 Å². The van der Waals surface area contributed by atoms with Gasteiger partial charge in [0.1, 0.15) is 6.04 Å². The number of carbonyl (C=O) groups is 2. The number of anilines is 1. The van der Waals surface area contributed by atoms with Gasteiger partial charge in [0, 0.05) is 36.1 Å². The molecule has 1 aromatic heterocycles. The Morgan fingerprint density at radius 1 is 1.23 bits per heavy atom. The standard InChI is InChI=1S/C23H25N5O2S/c24-9-18-13-31-14-28(18)22(29)10-26-23(30)19-6-7-25-21-5-4-17(8-20(19)21)27-11-15-2-1-3-16(15)12-27/h4-8,15-16,18H,1-3,10-14H2,(H,26,30). The van der Waals surface area contributed by atoms with E-state index < -0.39 is 6.04 Å². The fourth-order valence-electron chi connectivity index (χ4n) is 5.12. The second kappa shape index (κ2) is 8.39. The summed E-state index contributed by atoms with van der Waals surface area (Å²) in [6, 6.07) is 9.55. The molecule has 7 nitrogen and oxygen atoms in total. The van der Waals surface area contributed by atoms with Gasteiger partial charge in [0.15, 0.2) is 0 Å². The van der Waals surface area contributed by atoms with E-state index >= 15 is 0 Å². The number of hydrogen-bond donors (Lipinski definition) is 1. The topological polar surface area (TPSA) is 89.3 Å². The second-order valence-corrected chi connectivity index (χ2v) is 9.61. The maximum Gasteiger partial charge on any atom is 0.252 e. The minimum Gasteiger partial charge on any atom is -0.371 e. The van der Waals surface area contributed by atoms with Crippen molar-refractivity contribution < 1.29 is 9.59 Å². The molecule has 8 heteroatoms. The van der Waals surface area contributed by atoms with Crippen LogP contribution in [0, 0.1) is 23.2 Å². The van der Waals surface area contributed by atoms with E-state index in [-0.39, 0.29) is 18.4 Å². The van der Waals surface area contributed by atoms with Crippen molar-refractivity contribution in [3.05, 3.63) is 36.0 Å². The first-order valence-corrected chi connectivity index (χ1v) is 12.0. The molecule has 0 bridgehead atoms. The molecule has 0 radical (unpaired) electrons. The van der Waals surface area contributed by atoms with Gasteiger partial charge in [-0.05, 0) is 48.9 Å². The van der Waals surface area contributed by atoms with E-state index in [4.69, 9.17) is 0 Å². The lowest BCUT2D eigenvalue weighted by Gasteiger charge is -2.21. The molecule has 3 fully saturated rings. The van der Waals surface area contributed by atoms with E-state index in [0.717, 1.165) is 41.5 Å². The van der Waals surface area contributed by atoms with Gasteiger partial charge < -0.3 is 15.1 Å². The largest absolute Gasteiger partial charge is 0.371 e. The molecule has 0 spiro atoms. The minimum absolute atomic E-state index is 0.115. The summed E-state index contributed by atoms with van der Waals surface area (Å²) in [6.07, 6.45) is 5.61. The molecule has 31 heavy (non-hydrogen) atoms. The number of fused-ring (bicyclic) bond motifs is 2. The van der Waals surface area contributed by atoms with Gasteiger partial charge in [0.05, 0.1) is 29.6 Å². The van der Waals surface area contributed by atoms with Crippen LogP contribution in [0.2, 0.25) is 0 Å². The van der Waals surface area contributed by atoms with Gasteiger partial charge >= 0.3 is 0 Å². The number of nitrogens with one attached hydrogen (secondary N) is 1. The summed E-state index contributed by atoms with van der Waals surface area (Å²) in [5.74, 6) is 2.17. The predicted octanol–water partition coefficient (Wildman–Crippen LogP) is 2.63. The maximum absolute atomic E-state index is 12.9. The lowest BCUT2D eigenvalue weighted by molar-refractivity contribution is -0.129. The highest BCUT2D eigenvalue weighted by Crippen LogP contribution is 2.40. The monoisotopic (exact) mass is 435 g/mol. The molecule has 3 heterocycles. The summed E-state index contributed by atoms with van der Waals surface area (Å²) in [5.41, 5.74) is 2.42. The van der Waals surface area contributed by atoms with Crippen LogP contribution >= 0.6 is 11.8 Å². The van der Waals surface area contributed by atoms with Gasteiger partial charge in [-0.2, -0.15) is 5.26 Å². The van der Waals surface area contributed by atoms with Crippen LogP contribution in [0.15, 0.2) is 30.5 Å². The van der Waals surface area contributed by atoms with E-state index in [1.54, 1.807) is 24.0 Å². The molecule has 160 valence electrons. The van der Waals surface area contributed by atoms with E-state index in [0.29, 0.717) is 17.2 Å². The number of aromatic nitrogens is 1. The summed E-state index contributed by atoms with van der Waals surface area (Å²) in [5, 5.41) is 12.7. The Morgan fingerprint density at radius 3 is 2.81 bits per heavy atom. The minimum atomic E-state index is -0.418. The van der Waals surface area contributed by atoms with E-state index in [9.17, 15) is 14.9 Å². The molecule has 2 aliphatic heterocycles. The smallest absolute Gasteiger partial charge is 0.252 e. The Balaban J connectivity index is 1.32. The SMILES string of the molecule is N#CC1CSCN1C(=O)CNC(=O)c1ccnc2ccc(N3CC4CCCC4C3)cc12. The van der Waals surface area contributed by atoms with Crippen LogP contribution in [-0.4, -0.2) is 59.0 Å². The highest BCUT2D eigenvalue weighted by Gasteiger charge is 2.36. The lowest BCUT2D eigenvalue weighted by atomic mass is 10.0. The predicted molar refractivity (Wildman–Crippen MR) is 121 cm³/mol. The number of nitrogens with zero attached hydrogens (tertiary/aromatic N) is 4. The first-order chi connectivity index (χ1) is 15.1. The Kier molecular flexibility index (Phi) is 5.45. The van der Waals surface area contributed by atoms with Crippen molar-refractivity contribution in [2.45, 2.75) is 25.3 Å². The molecule has 2 aromatic rings.